The molecule has 15 heavy (non-hydrogen) atoms. The molecule has 0 atom stereocenters. The highest BCUT2D eigenvalue weighted by molar-refractivity contribution is 5.91. The molecule has 0 saturated carbocycles. The van der Waals surface area contributed by atoms with Crippen LogP contribution in [0.15, 0.2) is 24.3 Å². The van der Waals surface area contributed by atoms with Gasteiger partial charge in [0.15, 0.2) is 0 Å². The van der Waals surface area contributed by atoms with Crippen LogP contribution < -0.4 is 11.1 Å². The summed E-state index contributed by atoms with van der Waals surface area (Å²) in [6.07, 6.45) is 2.95. The Balaban J connectivity index is 0. The average molecular weight is 212 g/mol. The van der Waals surface area contributed by atoms with Crippen molar-refractivity contribution < 1.29 is 9.59 Å². The quantitative estimate of drug-likeness (QED) is 0.688. The summed E-state index contributed by atoms with van der Waals surface area (Å²) in [7, 11) is 0. The van der Waals surface area contributed by atoms with Crippen LogP contribution in [-0.4, -0.2) is 17.9 Å². The molecular formula is C11H20N2O2. The summed E-state index contributed by atoms with van der Waals surface area (Å²) in [5, 5.41) is 2.64. The van der Waals surface area contributed by atoms with Crippen molar-refractivity contribution >= 4 is 11.8 Å². The number of carbonyl (C=O) groups is 2. The number of allylic oxidation sites excluding steroid dienone is 1. The Bertz CT molecular complexity index is 255. The summed E-state index contributed by atoms with van der Waals surface area (Å²) in [6, 6.07) is 0.209. The number of nitrogens with two attached hydrogens (primary N) is 1. The second-order valence-electron chi connectivity index (χ2n) is 3.20. The highest BCUT2D eigenvalue weighted by Gasteiger charge is 1.93. The number of primary amides is 1. The Labute approximate surface area is 91.2 Å². The summed E-state index contributed by atoms with van der Waals surface area (Å²) in [5.74, 6) is -0.456. The van der Waals surface area contributed by atoms with E-state index < -0.39 is 0 Å². The first kappa shape index (κ1) is 15.9. The van der Waals surface area contributed by atoms with Gasteiger partial charge in [0.05, 0.1) is 0 Å². The maximum Gasteiger partial charge on any atom is 0.243 e. The number of hydrogen-bond donors (Lipinski definition) is 2. The predicted molar refractivity (Wildman–Crippen MR) is 62.1 cm³/mol. The van der Waals surface area contributed by atoms with E-state index in [0.717, 1.165) is 0 Å². The standard InChI is InChI=1S/C6H11NO.C5H9NO/c1-4-6(8)7-5(2)3;1-3-4(2)5(6)7/h4-5H,1H2,2-3H3,(H,7,8);3H,1-2H3,(H2,6,7). The number of hydrogen-bond acceptors (Lipinski definition) is 2. The molecule has 0 aliphatic carbocycles. The highest BCUT2D eigenvalue weighted by Crippen LogP contribution is 1.85. The van der Waals surface area contributed by atoms with Crippen LogP contribution in [0.2, 0.25) is 0 Å². The molecule has 0 bridgehead atoms. The van der Waals surface area contributed by atoms with Gasteiger partial charge >= 0.3 is 0 Å². The molecule has 0 radical (unpaired) electrons. The van der Waals surface area contributed by atoms with Gasteiger partial charge < -0.3 is 11.1 Å². The maximum atomic E-state index is 10.4. The second-order valence-corrected chi connectivity index (χ2v) is 3.20. The fourth-order valence-corrected chi connectivity index (χ4v) is 0.486. The number of carbonyl (C=O) groups excluding carboxylic acids is 2. The minimum Gasteiger partial charge on any atom is -0.366 e. The van der Waals surface area contributed by atoms with Gasteiger partial charge in [-0.25, -0.2) is 0 Å². The first-order valence-corrected chi connectivity index (χ1v) is 4.70. The van der Waals surface area contributed by atoms with Crippen molar-refractivity contribution in [1.82, 2.24) is 5.32 Å². The van der Waals surface area contributed by atoms with E-state index >= 15 is 0 Å². The molecule has 0 aliphatic rings. The van der Waals surface area contributed by atoms with Crippen LogP contribution in [0.1, 0.15) is 27.7 Å². The van der Waals surface area contributed by atoms with E-state index in [9.17, 15) is 9.59 Å². The third-order valence-electron chi connectivity index (χ3n) is 1.44. The first-order chi connectivity index (χ1) is 6.84. The van der Waals surface area contributed by atoms with Crippen LogP contribution in [0.4, 0.5) is 0 Å². The van der Waals surface area contributed by atoms with Gasteiger partial charge in [0.25, 0.3) is 0 Å². The van der Waals surface area contributed by atoms with Gasteiger partial charge in [0.1, 0.15) is 0 Å². The van der Waals surface area contributed by atoms with Gasteiger partial charge in [0, 0.05) is 11.6 Å². The topological polar surface area (TPSA) is 72.2 Å². The van der Waals surface area contributed by atoms with Crippen molar-refractivity contribution in [2.75, 3.05) is 0 Å². The minimum absolute atomic E-state index is 0.111. The molecular weight excluding hydrogens is 192 g/mol. The van der Waals surface area contributed by atoms with Gasteiger partial charge in [-0.2, -0.15) is 0 Å². The van der Waals surface area contributed by atoms with E-state index in [1.807, 2.05) is 13.8 Å². The van der Waals surface area contributed by atoms with E-state index in [1.165, 1.54) is 6.08 Å². The minimum atomic E-state index is -0.345. The van der Waals surface area contributed by atoms with Crippen molar-refractivity contribution in [3.63, 3.8) is 0 Å². The summed E-state index contributed by atoms with van der Waals surface area (Å²) in [5.41, 5.74) is 5.45. The summed E-state index contributed by atoms with van der Waals surface area (Å²) in [6.45, 7) is 10.6. The monoisotopic (exact) mass is 212 g/mol. The normalized spacial score (nSPS) is 10.1. The Kier molecular flexibility index (Phi) is 9.52. The van der Waals surface area contributed by atoms with Gasteiger partial charge in [0.2, 0.25) is 11.8 Å². The molecule has 86 valence electrons. The van der Waals surface area contributed by atoms with Crippen LogP contribution in [0.25, 0.3) is 0 Å². The molecule has 0 aromatic carbocycles. The summed E-state index contributed by atoms with van der Waals surface area (Å²) < 4.78 is 0. The highest BCUT2D eigenvalue weighted by atomic mass is 16.1. The molecule has 0 saturated heterocycles. The molecule has 0 aromatic rings. The van der Waals surface area contributed by atoms with E-state index in [2.05, 4.69) is 11.9 Å². The Morgan fingerprint density at radius 1 is 1.40 bits per heavy atom. The Morgan fingerprint density at radius 2 is 1.87 bits per heavy atom. The number of amides is 2. The molecule has 0 aromatic heterocycles. The number of rotatable bonds is 3. The summed E-state index contributed by atoms with van der Waals surface area (Å²) in [4.78, 5) is 20.5. The zero-order chi connectivity index (χ0) is 12.4. The largest absolute Gasteiger partial charge is 0.366 e. The van der Waals surface area contributed by atoms with Crippen LogP contribution in [-0.2, 0) is 9.59 Å². The zero-order valence-corrected chi connectivity index (χ0v) is 9.83. The lowest BCUT2D eigenvalue weighted by Gasteiger charge is -2.02. The average Bonchev–Trinajstić information content (AvgIpc) is 2.16. The lowest BCUT2D eigenvalue weighted by molar-refractivity contribution is -0.117. The molecule has 0 spiro atoms. The number of nitrogens with one attached hydrogen (secondary N) is 1. The van der Waals surface area contributed by atoms with Gasteiger partial charge in [-0.15, -0.1) is 0 Å². The smallest absolute Gasteiger partial charge is 0.243 e. The van der Waals surface area contributed by atoms with Gasteiger partial charge in [-0.1, -0.05) is 12.7 Å². The molecule has 4 heteroatoms. The van der Waals surface area contributed by atoms with Gasteiger partial charge in [-0.3, -0.25) is 9.59 Å². The maximum absolute atomic E-state index is 10.4. The SMILES string of the molecule is C=CC(=O)NC(C)C.CC=C(C)C(N)=O. The fraction of sp³-hybridized carbons (Fsp3) is 0.455. The molecule has 0 unspecified atom stereocenters. The molecule has 4 nitrogen and oxygen atoms in total. The predicted octanol–water partition coefficient (Wildman–Crippen LogP) is 1.13. The first-order valence-electron chi connectivity index (χ1n) is 4.70. The second kappa shape index (κ2) is 8.99. The van der Waals surface area contributed by atoms with E-state index in [4.69, 9.17) is 5.73 Å². The summed E-state index contributed by atoms with van der Waals surface area (Å²) >= 11 is 0. The molecule has 2 amide bonds. The fourth-order valence-electron chi connectivity index (χ4n) is 0.486. The molecule has 0 heterocycles. The van der Waals surface area contributed by atoms with E-state index in [0.29, 0.717) is 5.57 Å². The van der Waals surface area contributed by atoms with Crippen LogP contribution in [0, 0.1) is 0 Å². The van der Waals surface area contributed by atoms with E-state index in [1.54, 1.807) is 19.9 Å². The Morgan fingerprint density at radius 3 is 1.93 bits per heavy atom. The van der Waals surface area contributed by atoms with Crippen molar-refractivity contribution in [2.24, 2.45) is 5.73 Å². The third kappa shape index (κ3) is 12.4. The molecule has 0 fully saturated rings. The van der Waals surface area contributed by atoms with Crippen molar-refractivity contribution in [2.45, 2.75) is 33.7 Å². The molecule has 3 N–H and O–H groups in total. The Hall–Kier alpha value is -1.58. The lowest BCUT2D eigenvalue weighted by Crippen LogP contribution is -2.27. The van der Waals surface area contributed by atoms with E-state index in [-0.39, 0.29) is 17.9 Å². The van der Waals surface area contributed by atoms with Crippen molar-refractivity contribution in [3.8, 4) is 0 Å². The zero-order valence-electron chi connectivity index (χ0n) is 9.83. The van der Waals surface area contributed by atoms with Crippen LogP contribution in [0.5, 0.6) is 0 Å². The molecule has 0 rings (SSSR count). The lowest BCUT2D eigenvalue weighted by atomic mass is 10.3. The van der Waals surface area contributed by atoms with Crippen LogP contribution in [0.3, 0.4) is 0 Å². The van der Waals surface area contributed by atoms with Crippen LogP contribution >= 0.6 is 0 Å². The van der Waals surface area contributed by atoms with Gasteiger partial charge in [-0.05, 0) is 33.8 Å². The molecule has 0 aliphatic heterocycles. The van der Waals surface area contributed by atoms with Crippen molar-refractivity contribution in [3.05, 3.63) is 24.3 Å². The van der Waals surface area contributed by atoms with Crippen molar-refractivity contribution in [1.29, 1.82) is 0 Å². The third-order valence-corrected chi connectivity index (χ3v) is 1.44.